The Labute approximate surface area is 161 Å². The highest BCUT2D eigenvalue weighted by atomic mass is 79.9. The maximum Gasteiger partial charge on any atom is 0.234 e. The minimum Gasteiger partial charge on any atom is -0.325 e. The van der Waals surface area contributed by atoms with Crippen LogP contribution in [0.25, 0.3) is 5.69 Å². The Balaban J connectivity index is 1.62. The lowest BCUT2D eigenvalue weighted by Crippen LogP contribution is -2.13. The molecule has 3 rings (SSSR count). The van der Waals surface area contributed by atoms with Gasteiger partial charge in [0, 0.05) is 10.2 Å². The smallest absolute Gasteiger partial charge is 0.234 e. The van der Waals surface area contributed by atoms with Gasteiger partial charge in [-0.05, 0) is 48.6 Å². The molecule has 0 aliphatic carbocycles. The zero-order chi connectivity index (χ0) is 16.9. The van der Waals surface area contributed by atoms with Crippen LogP contribution in [0.5, 0.6) is 0 Å². The molecule has 0 bridgehead atoms. The number of hydrogen-bond acceptors (Lipinski definition) is 5. The van der Waals surface area contributed by atoms with Crippen molar-refractivity contribution in [3.05, 3.63) is 63.0 Å². The summed E-state index contributed by atoms with van der Waals surface area (Å²) < 4.78 is 4.13. The van der Waals surface area contributed by atoms with Gasteiger partial charge in [-0.1, -0.05) is 57.2 Å². The molecule has 8 heteroatoms. The summed E-state index contributed by atoms with van der Waals surface area (Å²) in [6, 6.07) is 17.2. The van der Waals surface area contributed by atoms with Gasteiger partial charge in [0.2, 0.25) is 5.91 Å². The second-order valence-electron chi connectivity index (χ2n) is 4.72. The van der Waals surface area contributed by atoms with Gasteiger partial charge in [-0.3, -0.25) is 4.79 Å². The van der Waals surface area contributed by atoms with E-state index in [-0.39, 0.29) is 11.7 Å². The van der Waals surface area contributed by atoms with Crippen molar-refractivity contribution in [1.29, 1.82) is 0 Å². The van der Waals surface area contributed by atoms with Crippen molar-refractivity contribution in [2.24, 2.45) is 0 Å². The van der Waals surface area contributed by atoms with Crippen molar-refractivity contribution in [3.63, 3.8) is 0 Å². The van der Waals surface area contributed by atoms with Crippen LogP contribution in [0.2, 0.25) is 0 Å². The average molecular weight is 438 g/mol. The van der Waals surface area contributed by atoms with E-state index in [9.17, 15) is 4.79 Å². The van der Waals surface area contributed by atoms with Gasteiger partial charge < -0.3 is 5.32 Å². The zero-order valence-electron chi connectivity index (χ0n) is 12.3. The van der Waals surface area contributed by atoms with E-state index in [1.807, 2.05) is 54.6 Å². The van der Waals surface area contributed by atoms with E-state index in [0.717, 1.165) is 20.2 Å². The third-order valence-electron chi connectivity index (χ3n) is 2.98. The van der Waals surface area contributed by atoms with E-state index in [2.05, 4.69) is 26.3 Å². The minimum absolute atomic E-state index is 0.0744. The topological polar surface area (TPSA) is 46.9 Å². The summed E-state index contributed by atoms with van der Waals surface area (Å²) in [5.74, 6) is 0.211. The standard InChI is InChI=1S/C16H12BrN3OS3/c17-11-6-8-12(9-7-11)18-14(21)10-23-15-19-20(16(22)24-15)13-4-2-1-3-5-13/h1-9H,10H2,(H,18,21). The van der Waals surface area contributed by atoms with Gasteiger partial charge in [-0.2, -0.15) is 0 Å². The SMILES string of the molecule is O=C(CSc1nn(-c2ccccc2)c(=S)s1)Nc1ccc(Br)cc1. The van der Waals surface area contributed by atoms with Crippen LogP contribution in [0.1, 0.15) is 0 Å². The molecule has 4 nitrogen and oxygen atoms in total. The lowest BCUT2D eigenvalue weighted by molar-refractivity contribution is -0.113. The first-order valence-corrected chi connectivity index (χ1v) is 9.96. The number of para-hydroxylation sites is 1. The number of nitrogens with one attached hydrogen (secondary N) is 1. The first-order valence-electron chi connectivity index (χ1n) is 6.95. The number of amides is 1. The molecule has 0 spiro atoms. The van der Waals surface area contributed by atoms with E-state index in [0.29, 0.717) is 3.95 Å². The summed E-state index contributed by atoms with van der Waals surface area (Å²) in [6.45, 7) is 0. The molecule has 122 valence electrons. The van der Waals surface area contributed by atoms with E-state index in [1.54, 1.807) is 4.68 Å². The van der Waals surface area contributed by atoms with E-state index < -0.39 is 0 Å². The molecular formula is C16H12BrN3OS3. The molecule has 0 saturated carbocycles. The molecule has 1 aromatic heterocycles. The maximum atomic E-state index is 12.0. The van der Waals surface area contributed by atoms with Crippen LogP contribution < -0.4 is 5.32 Å². The highest BCUT2D eigenvalue weighted by molar-refractivity contribution is 9.10. The van der Waals surface area contributed by atoms with Crippen LogP contribution in [0.3, 0.4) is 0 Å². The number of benzene rings is 2. The Morgan fingerprint density at radius 3 is 2.62 bits per heavy atom. The van der Waals surface area contributed by atoms with Gasteiger partial charge in [0.25, 0.3) is 0 Å². The van der Waals surface area contributed by atoms with Crippen LogP contribution in [0, 0.1) is 3.95 Å². The van der Waals surface area contributed by atoms with Crippen molar-refractivity contribution < 1.29 is 4.79 Å². The number of rotatable bonds is 5. The van der Waals surface area contributed by atoms with Crippen LogP contribution >= 0.6 is 51.2 Å². The Bertz CT molecular complexity index is 891. The second kappa shape index (κ2) is 8.06. The molecule has 0 aliphatic rings. The van der Waals surface area contributed by atoms with Crippen molar-refractivity contribution in [3.8, 4) is 5.69 Å². The normalized spacial score (nSPS) is 10.5. The highest BCUT2D eigenvalue weighted by Crippen LogP contribution is 2.24. The van der Waals surface area contributed by atoms with Gasteiger partial charge in [0.05, 0.1) is 11.4 Å². The Morgan fingerprint density at radius 2 is 1.92 bits per heavy atom. The second-order valence-corrected chi connectivity index (χ2v) is 8.49. The lowest BCUT2D eigenvalue weighted by Gasteiger charge is -2.04. The zero-order valence-corrected chi connectivity index (χ0v) is 16.3. The fraction of sp³-hybridized carbons (Fsp3) is 0.0625. The summed E-state index contributed by atoms with van der Waals surface area (Å²) in [5.41, 5.74) is 1.69. The number of halogens is 1. The Morgan fingerprint density at radius 1 is 1.21 bits per heavy atom. The van der Waals surface area contributed by atoms with Crippen LogP contribution in [0.15, 0.2) is 63.4 Å². The molecule has 1 N–H and O–H groups in total. The van der Waals surface area contributed by atoms with Crippen LogP contribution in [0.4, 0.5) is 5.69 Å². The Hall–Kier alpha value is -1.48. The number of thioether (sulfide) groups is 1. The summed E-state index contributed by atoms with van der Waals surface area (Å²) >= 11 is 11.5. The van der Waals surface area contributed by atoms with E-state index >= 15 is 0 Å². The lowest BCUT2D eigenvalue weighted by atomic mass is 10.3. The van der Waals surface area contributed by atoms with Crippen molar-refractivity contribution in [2.75, 3.05) is 11.1 Å². The van der Waals surface area contributed by atoms with Gasteiger partial charge in [-0.15, -0.1) is 5.10 Å². The minimum atomic E-state index is -0.0744. The Kier molecular flexibility index (Phi) is 5.83. The van der Waals surface area contributed by atoms with Crippen molar-refractivity contribution >= 4 is 62.8 Å². The quantitative estimate of drug-likeness (QED) is 0.442. The van der Waals surface area contributed by atoms with Crippen LogP contribution in [-0.2, 0) is 4.79 Å². The third-order valence-corrected chi connectivity index (χ3v) is 5.88. The summed E-state index contributed by atoms with van der Waals surface area (Å²) in [7, 11) is 0. The molecule has 0 aliphatic heterocycles. The van der Waals surface area contributed by atoms with Gasteiger partial charge >= 0.3 is 0 Å². The fourth-order valence-electron chi connectivity index (χ4n) is 1.91. The molecule has 1 heterocycles. The van der Waals surface area contributed by atoms with Crippen molar-refractivity contribution in [1.82, 2.24) is 9.78 Å². The largest absolute Gasteiger partial charge is 0.325 e. The third kappa shape index (κ3) is 4.54. The number of nitrogens with zero attached hydrogens (tertiary/aromatic N) is 2. The molecule has 2 aromatic carbocycles. The first-order chi connectivity index (χ1) is 11.6. The molecule has 0 atom stereocenters. The van der Waals surface area contributed by atoms with Gasteiger partial charge in [0.1, 0.15) is 0 Å². The average Bonchev–Trinajstić information content (AvgIpc) is 2.97. The molecule has 3 aromatic rings. The van der Waals surface area contributed by atoms with Crippen LogP contribution in [-0.4, -0.2) is 21.4 Å². The number of carbonyl (C=O) groups is 1. The van der Waals surface area contributed by atoms with E-state index in [4.69, 9.17) is 12.2 Å². The molecular weight excluding hydrogens is 426 g/mol. The van der Waals surface area contributed by atoms with E-state index in [1.165, 1.54) is 23.1 Å². The molecule has 0 saturated heterocycles. The summed E-state index contributed by atoms with van der Waals surface area (Å²) in [6.07, 6.45) is 0. The predicted octanol–water partition coefficient (Wildman–Crippen LogP) is 5.16. The molecule has 0 unspecified atom stereocenters. The van der Waals surface area contributed by atoms with Crippen molar-refractivity contribution in [2.45, 2.75) is 4.34 Å². The number of aromatic nitrogens is 2. The number of anilines is 1. The summed E-state index contributed by atoms with van der Waals surface area (Å²) in [5, 5.41) is 7.33. The van der Waals surface area contributed by atoms with Gasteiger partial charge in [0.15, 0.2) is 8.29 Å². The molecule has 0 radical (unpaired) electrons. The van der Waals surface area contributed by atoms with Gasteiger partial charge in [-0.25, -0.2) is 4.68 Å². The number of carbonyl (C=O) groups excluding carboxylic acids is 1. The predicted molar refractivity (Wildman–Crippen MR) is 106 cm³/mol. The first kappa shape index (κ1) is 17.3. The highest BCUT2D eigenvalue weighted by Gasteiger charge is 2.09. The monoisotopic (exact) mass is 437 g/mol. The summed E-state index contributed by atoms with van der Waals surface area (Å²) in [4.78, 5) is 12.0. The molecule has 1 amide bonds. The fourth-order valence-corrected chi connectivity index (χ4v) is 4.33. The molecule has 0 fully saturated rings. The number of hydrogen-bond donors (Lipinski definition) is 1. The molecule has 24 heavy (non-hydrogen) atoms. The maximum absolute atomic E-state index is 12.0.